The van der Waals surface area contributed by atoms with Crippen molar-refractivity contribution in [1.29, 1.82) is 10.5 Å². The molecule has 2 N–H and O–H groups in total. The van der Waals surface area contributed by atoms with Crippen LogP contribution in [0.2, 0.25) is 0 Å². The summed E-state index contributed by atoms with van der Waals surface area (Å²) in [5, 5.41) is 22.4. The standard InChI is InChI=1S/C31H21N5O6S2/c1-41-21-8-4-17(5-9-21)24(37)15-42-31(40)18-2-6-20(7-3-18)36-26(38)12-25(30(36)39)44-29-23(14-33)27(19-10-11-43-16-19)22(13-32)28(34)35-29/h2-11,16,25H,12,15H2,1H3,(H2,34,35). The summed E-state index contributed by atoms with van der Waals surface area (Å²) in [6.07, 6.45) is -0.166. The number of hydrogen-bond donors (Lipinski definition) is 1. The van der Waals surface area contributed by atoms with Gasteiger partial charge in [0.1, 0.15) is 34.3 Å². The molecule has 2 amide bonds. The average Bonchev–Trinajstić information content (AvgIpc) is 3.67. The van der Waals surface area contributed by atoms with Crippen LogP contribution in [0.3, 0.4) is 0 Å². The predicted octanol–water partition coefficient (Wildman–Crippen LogP) is 4.61. The van der Waals surface area contributed by atoms with Gasteiger partial charge in [-0.1, -0.05) is 11.8 Å². The van der Waals surface area contributed by atoms with Crippen LogP contribution in [-0.2, 0) is 14.3 Å². The van der Waals surface area contributed by atoms with E-state index >= 15 is 0 Å². The summed E-state index contributed by atoms with van der Waals surface area (Å²) in [6.45, 7) is -0.471. The highest BCUT2D eigenvalue weighted by Crippen LogP contribution is 2.40. The van der Waals surface area contributed by atoms with Gasteiger partial charge in [0.2, 0.25) is 11.8 Å². The highest BCUT2D eigenvalue weighted by atomic mass is 32.2. The largest absolute Gasteiger partial charge is 0.497 e. The Morgan fingerprint density at radius 3 is 2.34 bits per heavy atom. The quantitative estimate of drug-likeness (QED) is 0.156. The van der Waals surface area contributed by atoms with E-state index in [-0.39, 0.29) is 39.6 Å². The van der Waals surface area contributed by atoms with Crippen LogP contribution in [0.15, 0.2) is 70.4 Å². The van der Waals surface area contributed by atoms with E-state index in [9.17, 15) is 29.7 Å². The minimum Gasteiger partial charge on any atom is -0.497 e. The van der Waals surface area contributed by atoms with E-state index in [1.165, 1.54) is 42.7 Å². The Kier molecular flexibility index (Phi) is 8.71. The molecule has 13 heteroatoms. The number of thioether (sulfide) groups is 1. The first-order valence-corrected chi connectivity index (χ1v) is 14.7. The lowest BCUT2D eigenvalue weighted by Gasteiger charge is -2.16. The Labute approximate surface area is 259 Å². The van der Waals surface area contributed by atoms with Crippen LogP contribution in [0.4, 0.5) is 11.5 Å². The molecule has 0 saturated carbocycles. The number of hydrogen-bond acceptors (Lipinski definition) is 12. The molecule has 1 aliphatic rings. The number of imide groups is 1. The molecular weight excluding hydrogens is 603 g/mol. The fourth-order valence-electron chi connectivity index (χ4n) is 4.50. The number of aromatic nitrogens is 1. The van der Waals surface area contributed by atoms with E-state index in [0.29, 0.717) is 22.4 Å². The zero-order valence-electron chi connectivity index (χ0n) is 23.0. The molecule has 1 saturated heterocycles. The van der Waals surface area contributed by atoms with Crippen LogP contribution in [0, 0.1) is 22.7 Å². The number of nitrogen functional groups attached to an aromatic ring is 1. The van der Waals surface area contributed by atoms with E-state index in [0.717, 1.165) is 16.7 Å². The van der Waals surface area contributed by atoms with Crippen LogP contribution in [0.25, 0.3) is 11.1 Å². The Bertz CT molecular complexity index is 1860. The molecule has 0 aliphatic carbocycles. The molecule has 1 aliphatic heterocycles. The number of rotatable bonds is 9. The summed E-state index contributed by atoms with van der Waals surface area (Å²) >= 11 is 2.31. The number of thiophene rings is 1. The van der Waals surface area contributed by atoms with Crippen molar-refractivity contribution in [3.63, 3.8) is 0 Å². The van der Waals surface area contributed by atoms with Crippen LogP contribution < -0.4 is 15.4 Å². The summed E-state index contributed by atoms with van der Waals surface area (Å²) in [4.78, 5) is 56.4. The number of methoxy groups -OCH3 is 1. The number of nitriles is 2. The number of benzene rings is 2. The van der Waals surface area contributed by atoms with Crippen molar-refractivity contribution in [2.24, 2.45) is 0 Å². The molecule has 1 atom stereocenters. The molecule has 0 bridgehead atoms. The second kappa shape index (κ2) is 12.8. The normalized spacial score (nSPS) is 14.2. The predicted molar refractivity (Wildman–Crippen MR) is 162 cm³/mol. The lowest BCUT2D eigenvalue weighted by atomic mass is 9.99. The van der Waals surface area contributed by atoms with Crippen LogP contribution in [0.1, 0.15) is 38.3 Å². The molecular formula is C31H21N5O6S2. The van der Waals surface area contributed by atoms with Gasteiger partial charge in [-0.25, -0.2) is 14.7 Å². The maximum atomic E-state index is 13.4. The molecule has 1 fully saturated rings. The molecule has 0 radical (unpaired) electrons. The topological polar surface area (TPSA) is 176 Å². The van der Waals surface area contributed by atoms with Gasteiger partial charge in [-0.15, -0.1) is 0 Å². The molecule has 2 aromatic carbocycles. The van der Waals surface area contributed by atoms with E-state index in [4.69, 9.17) is 15.2 Å². The molecule has 5 rings (SSSR count). The second-order valence-corrected chi connectivity index (χ2v) is 11.3. The number of amides is 2. The van der Waals surface area contributed by atoms with Crippen LogP contribution in [-0.4, -0.2) is 47.5 Å². The molecule has 11 nitrogen and oxygen atoms in total. The lowest BCUT2D eigenvalue weighted by Crippen LogP contribution is -2.31. The fraction of sp³-hybridized carbons (Fsp3) is 0.129. The van der Waals surface area contributed by atoms with Crippen LogP contribution in [0.5, 0.6) is 5.75 Å². The number of nitrogens with two attached hydrogens (primary N) is 1. The summed E-state index contributed by atoms with van der Waals surface area (Å²) in [5.41, 5.74) is 7.87. The van der Waals surface area contributed by atoms with Gasteiger partial charge in [0.25, 0.3) is 0 Å². The van der Waals surface area contributed by atoms with Crippen molar-refractivity contribution < 1.29 is 28.7 Å². The van der Waals surface area contributed by atoms with Crippen molar-refractivity contribution in [2.75, 3.05) is 24.4 Å². The molecule has 44 heavy (non-hydrogen) atoms. The number of Topliss-reactive ketones (excluding diaryl/α,β-unsaturated/α-hetero) is 1. The number of carbonyl (C=O) groups excluding carboxylic acids is 4. The van der Waals surface area contributed by atoms with E-state index in [1.807, 2.05) is 6.07 Å². The van der Waals surface area contributed by atoms with Gasteiger partial charge < -0.3 is 15.2 Å². The van der Waals surface area contributed by atoms with E-state index < -0.39 is 35.4 Å². The molecule has 0 spiro atoms. The summed E-state index contributed by atoms with van der Waals surface area (Å²) in [6, 6.07) is 17.8. The first-order valence-electron chi connectivity index (χ1n) is 12.9. The minimum atomic E-state index is -0.904. The van der Waals surface area contributed by atoms with Gasteiger partial charge in [-0.2, -0.15) is 21.9 Å². The van der Waals surface area contributed by atoms with Crippen molar-refractivity contribution in [2.45, 2.75) is 16.7 Å². The van der Waals surface area contributed by atoms with Crippen molar-refractivity contribution in [3.8, 4) is 29.0 Å². The summed E-state index contributed by atoms with van der Waals surface area (Å²) in [5.74, 6) is -1.66. The summed E-state index contributed by atoms with van der Waals surface area (Å²) in [7, 11) is 1.51. The number of nitrogens with zero attached hydrogens (tertiary/aromatic N) is 4. The van der Waals surface area contributed by atoms with Gasteiger partial charge in [0.15, 0.2) is 12.4 Å². The number of pyridine rings is 1. The third kappa shape index (κ3) is 5.87. The van der Waals surface area contributed by atoms with E-state index in [1.54, 1.807) is 41.1 Å². The second-order valence-electron chi connectivity index (χ2n) is 9.32. The smallest absolute Gasteiger partial charge is 0.338 e. The molecule has 3 heterocycles. The van der Waals surface area contributed by atoms with Crippen molar-refractivity contribution in [1.82, 2.24) is 4.98 Å². The summed E-state index contributed by atoms with van der Waals surface area (Å²) < 4.78 is 10.2. The number of ketones is 1. The van der Waals surface area contributed by atoms with Crippen molar-refractivity contribution >= 4 is 58.2 Å². The fourth-order valence-corrected chi connectivity index (χ4v) is 6.27. The number of carbonyl (C=O) groups is 4. The zero-order valence-corrected chi connectivity index (χ0v) is 24.6. The molecule has 2 aromatic heterocycles. The molecule has 4 aromatic rings. The molecule has 218 valence electrons. The van der Waals surface area contributed by atoms with Gasteiger partial charge in [-0.05, 0) is 70.9 Å². The van der Waals surface area contributed by atoms with Gasteiger partial charge >= 0.3 is 5.97 Å². The Balaban J connectivity index is 1.29. The minimum absolute atomic E-state index is 0.0588. The highest BCUT2D eigenvalue weighted by molar-refractivity contribution is 8.00. The third-order valence-corrected chi connectivity index (χ3v) is 8.55. The number of esters is 1. The van der Waals surface area contributed by atoms with Gasteiger partial charge in [-0.3, -0.25) is 14.4 Å². The van der Waals surface area contributed by atoms with Gasteiger partial charge in [0, 0.05) is 17.5 Å². The first-order chi connectivity index (χ1) is 21.2. The monoisotopic (exact) mass is 623 g/mol. The van der Waals surface area contributed by atoms with Gasteiger partial charge in [0.05, 0.1) is 29.2 Å². The zero-order chi connectivity index (χ0) is 31.4. The van der Waals surface area contributed by atoms with Crippen LogP contribution >= 0.6 is 23.1 Å². The Hall–Kier alpha value is -5.50. The average molecular weight is 624 g/mol. The van der Waals surface area contributed by atoms with E-state index in [2.05, 4.69) is 11.1 Å². The first kappa shape index (κ1) is 30.0. The third-order valence-electron chi connectivity index (χ3n) is 6.69. The number of ether oxygens (including phenoxy) is 2. The maximum absolute atomic E-state index is 13.4. The van der Waals surface area contributed by atoms with Crippen molar-refractivity contribution in [3.05, 3.63) is 87.6 Å². The molecule has 1 unspecified atom stereocenters. The lowest BCUT2D eigenvalue weighted by molar-refractivity contribution is -0.121. The Morgan fingerprint density at radius 1 is 1.05 bits per heavy atom. The Morgan fingerprint density at radius 2 is 1.73 bits per heavy atom. The number of anilines is 2. The SMILES string of the molecule is COc1ccc(C(=O)COC(=O)c2ccc(N3C(=O)CC(Sc4nc(N)c(C#N)c(-c5ccsc5)c4C#N)C3=O)cc2)cc1. The highest BCUT2D eigenvalue weighted by Gasteiger charge is 2.41. The maximum Gasteiger partial charge on any atom is 0.338 e.